The molecule has 3 N–H and O–H groups in total. The summed E-state index contributed by atoms with van der Waals surface area (Å²) in [7, 11) is 1.33. The first kappa shape index (κ1) is 18.4. The van der Waals surface area contributed by atoms with Crippen LogP contribution in [0.2, 0.25) is 5.02 Å². The molecule has 0 aliphatic carbocycles. The molecule has 1 heterocycles. The van der Waals surface area contributed by atoms with Gasteiger partial charge in [-0.15, -0.1) is 0 Å². The number of carbonyl (C=O) groups excluding carboxylic acids is 4. The van der Waals surface area contributed by atoms with Crippen molar-refractivity contribution in [2.45, 2.75) is 13.0 Å². The van der Waals surface area contributed by atoms with Crippen molar-refractivity contribution in [2.24, 2.45) is 0 Å². The Hall–Kier alpha value is -2.68. The minimum absolute atomic E-state index is 0.0377. The summed E-state index contributed by atoms with van der Waals surface area (Å²) in [5.41, 5.74) is 0.0377. The summed E-state index contributed by atoms with van der Waals surface area (Å²) in [5.74, 6) is -2.26. The molecular weight excluding hydrogens is 328 g/mol. The highest BCUT2D eigenvalue weighted by atomic mass is 35.5. The summed E-state index contributed by atoms with van der Waals surface area (Å²) in [5, 5.41) is 6.74. The molecule has 0 fully saturated rings. The van der Waals surface area contributed by atoms with Gasteiger partial charge in [0.15, 0.2) is 6.10 Å². The van der Waals surface area contributed by atoms with Gasteiger partial charge >= 0.3 is 12.0 Å². The molecule has 1 rings (SSSR count). The summed E-state index contributed by atoms with van der Waals surface area (Å²) in [6.07, 6.45) is 0.154. The first-order valence-electron chi connectivity index (χ1n) is 6.45. The highest BCUT2D eigenvalue weighted by Crippen LogP contribution is 2.07. The molecule has 1 atom stereocenters. The van der Waals surface area contributed by atoms with Gasteiger partial charge in [0.25, 0.3) is 11.8 Å². The first-order valence-corrected chi connectivity index (χ1v) is 6.83. The second-order valence-corrected chi connectivity index (χ2v) is 4.68. The van der Waals surface area contributed by atoms with Crippen LogP contribution in [0, 0.1) is 0 Å². The van der Waals surface area contributed by atoms with E-state index in [4.69, 9.17) is 16.3 Å². The number of halogens is 1. The molecule has 1 aromatic rings. The number of urea groups is 1. The van der Waals surface area contributed by atoms with Crippen molar-refractivity contribution in [1.82, 2.24) is 20.9 Å². The number of carbonyl (C=O) groups is 4. The number of hydrogen-bond donors (Lipinski definition) is 3. The quantitative estimate of drug-likeness (QED) is 0.639. The molecule has 1 aromatic heterocycles. The molecule has 0 spiro atoms. The van der Waals surface area contributed by atoms with Gasteiger partial charge in [-0.1, -0.05) is 11.6 Å². The second-order valence-electron chi connectivity index (χ2n) is 4.24. The lowest BCUT2D eigenvalue weighted by atomic mass is 10.3. The van der Waals surface area contributed by atoms with Crippen LogP contribution >= 0.6 is 11.6 Å². The first-order chi connectivity index (χ1) is 10.8. The minimum Gasteiger partial charge on any atom is -0.451 e. The average molecular weight is 343 g/mol. The number of aromatic nitrogens is 1. The minimum atomic E-state index is -1.19. The van der Waals surface area contributed by atoms with Crippen molar-refractivity contribution in [2.75, 3.05) is 13.6 Å². The number of nitrogens with one attached hydrogen (secondary N) is 3. The Balaban J connectivity index is 2.43. The molecule has 9 nitrogen and oxygen atoms in total. The van der Waals surface area contributed by atoms with E-state index < -0.39 is 36.5 Å². The summed E-state index contributed by atoms with van der Waals surface area (Å²) in [6.45, 7) is 0.821. The Morgan fingerprint density at radius 1 is 1.35 bits per heavy atom. The van der Waals surface area contributed by atoms with Gasteiger partial charge in [-0.25, -0.2) is 4.79 Å². The van der Waals surface area contributed by atoms with Crippen molar-refractivity contribution < 1.29 is 23.9 Å². The Bertz CT molecular complexity index is 622. The Morgan fingerprint density at radius 2 is 2.04 bits per heavy atom. The second kappa shape index (κ2) is 8.69. The Labute approximate surface area is 136 Å². The van der Waals surface area contributed by atoms with E-state index in [0.29, 0.717) is 5.02 Å². The smallest absolute Gasteiger partial charge is 0.326 e. The monoisotopic (exact) mass is 342 g/mol. The zero-order valence-corrected chi connectivity index (χ0v) is 13.1. The molecule has 0 saturated carbocycles. The number of imide groups is 1. The largest absolute Gasteiger partial charge is 0.451 e. The lowest BCUT2D eigenvalue weighted by Crippen LogP contribution is -2.44. The van der Waals surface area contributed by atoms with E-state index in [1.54, 1.807) is 0 Å². The summed E-state index contributed by atoms with van der Waals surface area (Å²) in [4.78, 5) is 49.5. The highest BCUT2D eigenvalue weighted by molar-refractivity contribution is 6.30. The molecule has 0 saturated heterocycles. The maximum Gasteiger partial charge on any atom is 0.326 e. The fourth-order valence-corrected chi connectivity index (χ4v) is 1.50. The van der Waals surface area contributed by atoms with Crippen molar-refractivity contribution in [3.05, 3.63) is 29.0 Å². The van der Waals surface area contributed by atoms with Gasteiger partial charge in [0.05, 0.1) is 0 Å². The number of pyridine rings is 1. The summed E-state index contributed by atoms with van der Waals surface area (Å²) in [6, 6.07) is 2.11. The van der Waals surface area contributed by atoms with Gasteiger partial charge in [-0.05, 0) is 19.1 Å². The topological polar surface area (TPSA) is 126 Å². The van der Waals surface area contributed by atoms with Crippen molar-refractivity contribution in [1.29, 1.82) is 0 Å². The molecule has 0 unspecified atom stereocenters. The van der Waals surface area contributed by atoms with Gasteiger partial charge in [0.1, 0.15) is 12.2 Å². The zero-order chi connectivity index (χ0) is 17.4. The maximum absolute atomic E-state index is 11.7. The predicted molar refractivity (Wildman–Crippen MR) is 79.7 cm³/mol. The molecule has 10 heteroatoms. The molecule has 0 aromatic carbocycles. The number of nitrogens with zero attached hydrogens (tertiary/aromatic N) is 1. The van der Waals surface area contributed by atoms with Gasteiger partial charge in [-0.2, -0.15) is 0 Å². The lowest BCUT2D eigenvalue weighted by molar-refractivity contribution is -0.153. The molecular formula is C13H15ClN4O5. The van der Waals surface area contributed by atoms with Crippen LogP contribution in [0.25, 0.3) is 0 Å². The van der Waals surface area contributed by atoms with Crippen LogP contribution in [-0.4, -0.2) is 48.5 Å². The molecule has 124 valence electrons. The molecule has 0 aliphatic heterocycles. The molecule has 23 heavy (non-hydrogen) atoms. The predicted octanol–water partition coefficient (Wildman–Crippen LogP) is -0.148. The van der Waals surface area contributed by atoms with Crippen LogP contribution < -0.4 is 16.0 Å². The third-order valence-corrected chi connectivity index (χ3v) is 2.72. The fraction of sp³-hybridized carbons (Fsp3) is 0.308. The maximum atomic E-state index is 11.7. The van der Waals surface area contributed by atoms with Gasteiger partial charge in [0, 0.05) is 18.3 Å². The normalized spacial score (nSPS) is 11.1. The van der Waals surface area contributed by atoms with Crippen molar-refractivity contribution >= 4 is 35.4 Å². The number of rotatable bonds is 5. The molecule has 0 radical (unpaired) electrons. The van der Waals surface area contributed by atoms with Crippen LogP contribution in [0.15, 0.2) is 18.3 Å². The van der Waals surface area contributed by atoms with E-state index in [-0.39, 0.29) is 5.69 Å². The SMILES string of the molecule is CNC(=O)NC(=O)[C@H](C)OC(=O)CNC(=O)c1cc(Cl)ccn1. The lowest BCUT2D eigenvalue weighted by Gasteiger charge is -2.13. The third kappa shape index (κ3) is 6.30. The number of amides is 4. The Morgan fingerprint density at radius 3 is 2.65 bits per heavy atom. The van der Waals surface area contributed by atoms with E-state index in [9.17, 15) is 19.2 Å². The summed E-state index contributed by atoms with van der Waals surface area (Å²) < 4.78 is 4.78. The van der Waals surface area contributed by atoms with E-state index >= 15 is 0 Å². The van der Waals surface area contributed by atoms with E-state index in [2.05, 4.69) is 15.6 Å². The number of esters is 1. The highest BCUT2D eigenvalue weighted by Gasteiger charge is 2.20. The number of ether oxygens (including phenoxy) is 1. The molecule has 4 amide bonds. The van der Waals surface area contributed by atoms with E-state index in [1.165, 1.54) is 32.3 Å². The molecule has 0 bridgehead atoms. The van der Waals surface area contributed by atoms with Gasteiger partial charge in [0.2, 0.25) is 0 Å². The van der Waals surface area contributed by atoms with Gasteiger partial charge in [-0.3, -0.25) is 24.7 Å². The van der Waals surface area contributed by atoms with Crippen LogP contribution in [0.4, 0.5) is 4.79 Å². The van der Waals surface area contributed by atoms with Crippen molar-refractivity contribution in [3.63, 3.8) is 0 Å². The fourth-order valence-electron chi connectivity index (χ4n) is 1.34. The van der Waals surface area contributed by atoms with Crippen LogP contribution in [0.5, 0.6) is 0 Å². The van der Waals surface area contributed by atoms with E-state index in [0.717, 1.165) is 0 Å². The van der Waals surface area contributed by atoms with E-state index in [1.807, 2.05) is 5.32 Å². The number of hydrogen-bond acceptors (Lipinski definition) is 6. The standard InChI is InChI=1S/C13H15ClN4O5/c1-7(11(20)18-13(22)15-2)23-10(19)6-17-12(21)9-5-8(14)3-4-16-9/h3-5,7H,6H2,1-2H3,(H,17,21)(H2,15,18,20,22)/t7-/m0/s1. The molecule has 0 aliphatic rings. The van der Waals surface area contributed by atoms with Crippen molar-refractivity contribution in [3.8, 4) is 0 Å². The summed E-state index contributed by atoms with van der Waals surface area (Å²) >= 11 is 5.72. The third-order valence-electron chi connectivity index (χ3n) is 2.49. The van der Waals surface area contributed by atoms with Crippen LogP contribution in [0.1, 0.15) is 17.4 Å². The Kier molecular flexibility index (Phi) is 6.94. The zero-order valence-electron chi connectivity index (χ0n) is 12.4. The van der Waals surface area contributed by atoms with Crippen LogP contribution in [0.3, 0.4) is 0 Å². The van der Waals surface area contributed by atoms with Crippen LogP contribution in [-0.2, 0) is 14.3 Å². The average Bonchev–Trinajstić information content (AvgIpc) is 2.52. The van der Waals surface area contributed by atoms with Gasteiger partial charge < -0.3 is 15.4 Å².